The van der Waals surface area contributed by atoms with Crippen molar-refractivity contribution in [3.8, 4) is 0 Å². The van der Waals surface area contributed by atoms with Crippen LogP contribution in [0.1, 0.15) is 13.8 Å². The van der Waals surface area contributed by atoms with E-state index in [2.05, 4.69) is 10.1 Å². The fourth-order valence-corrected chi connectivity index (χ4v) is 0.798. The first-order valence-electron chi connectivity index (χ1n) is 3.62. The maximum atomic E-state index is 10.9. The first kappa shape index (κ1) is 10.4. The highest BCUT2D eigenvalue weighted by Crippen LogP contribution is 1.94. The van der Waals surface area contributed by atoms with Crippen LogP contribution in [-0.2, 0) is 9.53 Å². The number of esters is 1. The molecule has 0 heterocycles. The third kappa shape index (κ3) is 3.34. The number of carbonyl (C=O) groups is 1. The fourth-order valence-electron chi connectivity index (χ4n) is 0.798. The smallest absolute Gasteiger partial charge is 0.325 e. The minimum atomic E-state index is -0.720. The van der Waals surface area contributed by atoms with Crippen LogP contribution in [0.25, 0.3) is 0 Å². The molecular formula is C7H15NO3. The molecule has 0 aromatic carbocycles. The van der Waals surface area contributed by atoms with Gasteiger partial charge in [-0.3, -0.25) is 4.79 Å². The van der Waals surface area contributed by atoms with E-state index < -0.39 is 18.1 Å². The second-order valence-electron chi connectivity index (χ2n) is 2.30. The van der Waals surface area contributed by atoms with Crippen LogP contribution in [-0.4, -0.2) is 36.9 Å². The molecule has 0 spiro atoms. The third-order valence-corrected chi connectivity index (χ3v) is 1.36. The molecule has 0 bridgehead atoms. The van der Waals surface area contributed by atoms with Gasteiger partial charge in [0.05, 0.1) is 13.2 Å². The topological polar surface area (TPSA) is 58.6 Å². The average molecular weight is 161 g/mol. The summed E-state index contributed by atoms with van der Waals surface area (Å²) in [5.74, 6) is -0.429. The quantitative estimate of drug-likeness (QED) is 0.547. The van der Waals surface area contributed by atoms with Gasteiger partial charge in [0.1, 0.15) is 6.04 Å². The number of carbonyl (C=O) groups excluding carboxylic acids is 1. The number of aliphatic hydroxyl groups excluding tert-OH is 1. The molecule has 11 heavy (non-hydrogen) atoms. The van der Waals surface area contributed by atoms with E-state index in [1.54, 1.807) is 6.92 Å². The Morgan fingerprint density at radius 3 is 2.55 bits per heavy atom. The van der Waals surface area contributed by atoms with Crippen molar-refractivity contribution in [3.63, 3.8) is 0 Å². The van der Waals surface area contributed by atoms with E-state index in [0.29, 0.717) is 6.54 Å². The maximum Gasteiger partial charge on any atom is 0.325 e. The standard InChI is InChI=1S/C7H15NO3/c1-4-8-6(5(2)9)7(10)11-3/h5-6,8-9H,4H2,1-3H3/t5-,6+/m1/s1. The van der Waals surface area contributed by atoms with E-state index in [1.165, 1.54) is 7.11 Å². The first-order valence-corrected chi connectivity index (χ1v) is 3.62. The van der Waals surface area contributed by atoms with Gasteiger partial charge in [-0.15, -0.1) is 0 Å². The van der Waals surface area contributed by atoms with E-state index in [4.69, 9.17) is 5.11 Å². The van der Waals surface area contributed by atoms with Crippen LogP contribution in [0.4, 0.5) is 0 Å². The molecule has 66 valence electrons. The molecule has 4 nitrogen and oxygen atoms in total. The van der Waals surface area contributed by atoms with Gasteiger partial charge in [-0.2, -0.15) is 0 Å². The van der Waals surface area contributed by atoms with Crippen LogP contribution in [0.3, 0.4) is 0 Å². The number of hydrogen-bond acceptors (Lipinski definition) is 4. The second kappa shape index (κ2) is 5.09. The van der Waals surface area contributed by atoms with E-state index in [-0.39, 0.29) is 0 Å². The summed E-state index contributed by atoms with van der Waals surface area (Å²) in [6.45, 7) is 4.03. The molecule has 2 N–H and O–H groups in total. The van der Waals surface area contributed by atoms with Gasteiger partial charge < -0.3 is 15.2 Å². The van der Waals surface area contributed by atoms with Crippen molar-refractivity contribution in [2.45, 2.75) is 26.0 Å². The summed E-state index contributed by atoms with van der Waals surface area (Å²) >= 11 is 0. The second-order valence-corrected chi connectivity index (χ2v) is 2.30. The lowest BCUT2D eigenvalue weighted by molar-refractivity contribution is -0.145. The number of nitrogens with one attached hydrogen (secondary N) is 1. The molecule has 0 saturated heterocycles. The van der Waals surface area contributed by atoms with Crippen molar-refractivity contribution in [2.75, 3.05) is 13.7 Å². The monoisotopic (exact) mass is 161 g/mol. The Balaban J connectivity index is 3.98. The molecule has 0 aromatic rings. The number of rotatable bonds is 4. The zero-order chi connectivity index (χ0) is 8.85. The van der Waals surface area contributed by atoms with Crippen molar-refractivity contribution < 1.29 is 14.6 Å². The van der Waals surface area contributed by atoms with Crippen LogP contribution in [0.2, 0.25) is 0 Å². The van der Waals surface area contributed by atoms with Crippen LogP contribution in [0, 0.1) is 0 Å². The van der Waals surface area contributed by atoms with Gasteiger partial charge in [0.25, 0.3) is 0 Å². The minimum Gasteiger partial charge on any atom is -0.468 e. The van der Waals surface area contributed by atoms with Gasteiger partial charge in [-0.05, 0) is 13.5 Å². The molecule has 0 aliphatic rings. The normalized spacial score (nSPS) is 15.6. The van der Waals surface area contributed by atoms with Crippen LogP contribution < -0.4 is 5.32 Å². The molecule has 2 atom stereocenters. The molecule has 0 aliphatic carbocycles. The summed E-state index contributed by atoms with van der Waals surface area (Å²) in [6, 6.07) is -0.606. The zero-order valence-corrected chi connectivity index (χ0v) is 7.13. The third-order valence-electron chi connectivity index (χ3n) is 1.36. The highest BCUT2D eigenvalue weighted by atomic mass is 16.5. The Kier molecular flexibility index (Phi) is 4.81. The molecule has 0 unspecified atom stereocenters. The lowest BCUT2D eigenvalue weighted by atomic mass is 10.2. The van der Waals surface area contributed by atoms with Crippen LogP contribution in [0.15, 0.2) is 0 Å². The first-order chi connectivity index (χ1) is 5.13. The van der Waals surface area contributed by atoms with E-state index >= 15 is 0 Å². The molecule has 0 fully saturated rings. The van der Waals surface area contributed by atoms with Crippen molar-refractivity contribution in [3.05, 3.63) is 0 Å². The number of aliphatic hydroxyl groups is 1. The van der Waals surface area contributed by atoms with Gasteiger partial charge in [-0.1, -0.05) is 6.92 Å². The lowest BCUT2D eigenvalue weighted by Gasteiger charge is -2.17. The Hall–Kier alpha value is -0.610. The highest BCUT2D eigenvalue weighted by Gasteiger charge is 2.22. The fraction of sp³-hybridized carbons (Fsp3) is 0.857. The summed E-state index contributed by atoms with van der Waals surface area (Å²) in [5, 5.41) is 11.9. The molecule has 0 saturated carbocycles. The van der Waals surface area contributed by atoms with Gasteiger partial charge >= 0.3 is 5.97 Å². The Morgan fingerprint density at radius 2 is 2.27 bits per heavy atom. The summed E-state index contributed by atoms with van der Waals surface area (Å²) < 4.78 is 4.46. The summed E-state index contributed by atoms with van der Waals surface area (Å²) in [4.78, 5) is 10.9. The maximum absolute atomic E-state index is 10.9. The predicted octanol–water partition coefficient (Wildman–Crippen LogP) is -0.482. The SMILES string of the molecule is CCN[C@H](C(=O)OC)[C@@H](C)O. The van der Waals surface area contributed by atoms with Gasteiger partial charge in [0.15, 0.2) is 0 Å². The number of ether oxygens (including phenoxy) is 1. The van der Waals surface area contributed by atoms with E-state index in [1.807, 2.05) is 6.92 Å². The van der Waals surface area contributed by atoms with E-state index in [9.17, 15) is 4.79 Å². The van der Waals surface area contributed by atoms with Crippen LogP contribution in [0.5, 0.6) is 0 Å². The van der Waals surface area contributed by atoms with Crippen molar-refractivity contribution in [1.82, 2.24) is 5.32 Å². The number of hydrogen-bond donors (Lipinski definition) is 2. The molecule has 0 radical (unpaired) electrons. The molecule has 4 heteroatoms. The number of likely N-dealkylation sites (N-methyl/N-ethyl adjacent to an activating group) is 1. The van der Waals surface area contributed by atoms with Crippen molar-refractivity contribution in [2.24, 2.45) is 0 Å². The molecule has 0 aromatic heterocycles. The Bertz CT molecular complexity index is 125. The van der Waals surface area contributed by atoms with Crippen LogP contribution >= 0.6 is 0 Å². The van der Waals surface area contributed by atoms with Crippen molar-refractivity contribution in [1.29, 1.82) is 0 Å². The Morgan fingerprint density at radius 1 is 1.73 bits per heavy atom. The van der Waals surface area contributed by atoms with E-state index in [0.717, 1.165) is 0 Å². The largest absolute Gasteiger partial charge is 0.468 e. The van der Waals surface area contributed by atoms with Gasteiger partial charge in [0, 0.05) is 0 Å². The zero-order valence-electron chi connectivity index (χ0n) is 7.13. The van der Waals surface area contributed by atoms with Gasteiger partial charge in [-0.25, -0.2) is 0 Å². The minimum absolute atomic E-state index is 0.429. The molecule has 0 amide bonds. The molecule has 0 aliphatic heterocycles. The Labute approximate surface area is 66.5 Å². The average Bonchev–Trinajstić information content (AvgIpc) is 1.98. The summed E-state index contributed by atoms with van der Waals surface area (Å²) in [6.07, 6.45) is -0.720. The molecule has 0 rings (SSSR count). The van der Waals surface area contributed by atoms with Gasteiger partial charge in [0.2, 0.25) is 0 Å². The predicted molar refractivity (Wildman–Crippen MR) is 41.2 cm³/mol. The summed E-state index contributed by atoms with van der Waals surface area (Å²) in [7, 11) is 1.30. The molecular weight excluding hydrogens is 146 g/mol. The number of methoxy groups -OCH3 is 1. The lowest BCUT2D eigenvalue weighted by Crippen LogP contribution is -2.45. The van der Waals surface area contributed by atoms with Crippen molar-refractivity contribution >= 4 is 5.97 Å². The summed E-state index contributed by atoms with van der Waals surface area (Å²) in [5.41, 5.74) is 0. The highest BCUT2D eigenvalue weighted by molar-refractivity contribution is 5.76.